The van der Waals surface area contributed by atoms with E-state index in [0.29, 0.717) is 37.5 Å². The molecule has 0 radical (unpaired) electrons. The molecular weight excluding hydrogens is 414 g/mol. The highest BCUT2D eigenvalue weighted by Gasteiger charge is 2.42. The van der Waals surface area contributed by atoms with Crippen molar-refractivity contribution < 1.29 is 14.3 Å². The number of hydrogen-bond donors (Lipinski definition) is 0. The van der Waals surface area contributed by atoms with Crippen molar-refractivity contribution in [2.75, 3.05) is 44.2 Å². The fourth-order valence-electron chi connectivity index (χ4n) is 4.41. The van der Waals surface area contributed by atoms with Crippen LogP contribution in [0.4, 0.5) is 5.69 Å². The summed E-state index contributed by atoms with van der Waals surface area (Å²) in [7, 11) is 0. The van der Waals surface area contributed by atoms with Crippen molar-refractivity contribution in [3.05, 3.63) is 65.9 Å². The summed E-state index contributed by atoms with van der Waals surface area (Å²) in [4.78, 5) is 32.7. The zero-order valence-corrected chi connectivity index (χ0v) is 19.8. The van der Waals surface area contributed by atoms with E-state index in [4.69, 9.17) is 4.74 Å². The molecule has 2 aliphatic rings. The minimum Gasteiger partial charge on any atom is -0.494 e. The van der Waals surface area contributed by atoms with Crippen molar-refractivity contribution in [2.24, 2.45) is 5.92 Å². The lowest BCUT2D eigenvalue weighted by atomic mass is 10.0. The van der Waals surface area contributed by atoms with Gasteiger partial charge in [-0.3, -0.25) is 14.5 Å². The molecule has 174 valence electrons. The number of anilines is 1. The van der Waals surface area contributed by atoms with Gasteiger partial charge in [0.1, 0.15) is 11.4 Å². The van der Waals surface area contributed by atoms with Crippen LogP contribution in [0.2, 0.25) is 0 Å². The van der Waals surface area contributed by atoms with Crippen LogP contribution in [0.15, 0.2) is 60.3 Å². The molecule has 4 rings (SSSR count). The topological polar surface area (TPSA) is 53.1 Å². The fraction of sp³-hybridized carbons (Fsp3) is 0.407. The zero-order valence-electron chi connectivity index (χ0n) is 19.8. The second-order valence-electron chi connectivity index (χ2n) is 9.02. The van der Waals surface area contributed by atoms with Crippen molar-refractivity contribution in [1.82, 2.24) is 9.80 Å². The Kier molecular flexibility index (Phi) is 7.02. The molecule has 0 aliphatic carbocycles. The van der Waals surface area contributed by atoms with Gasteiger partial charge in [-0.25, -0.2) is 0 Å². The minimum absolute atomic E-state index is 0.178. The number of imide groups is 1. The van der Waals surface area contributed by atoms with E-state index in [1.54, 1.807) is 0 Å². The van der Waals surface area contributed by atoms with E-state index in [0.717, 1.165) is 30.8 Å². The number of para-hydroxylation sites is 1. The molecule has 6 nitrogen and oxygen atoms in total. The standard InChI is InChI=1S/C27H33N3O3/c1-4-18-33-23-12-10-21(11-13-23)24-25(27(32)30(26(24)31)19-20(2)3)29-16-14-28(15-17-29)22-8-6-5-7-9-22/h5-13,20H,4,14-19H2,1-3H3. The second-order valence-corrected chi connectivity index (χ2v) is 9.02. The maximum Gasteiger partial charge on any atom is 0.277 e. The van der Waals surface area contributed by atoms with E-state index in [2.05, 4.69) is 28.9 Å². The third-order valence-electron chi connectivity index (χ3n) is 6.02. The third-order valence-corrected chi connectivity index (χ3v) is 6.02. The van der Waals surface area contributed by atoms with Gasteiger partial charge >= 0.3 is 0 Å². The number of nitrogens with zero attached hydrogens (tertiary/aromatic N) is 3. The van der Waals surface area contributed by atoms with Crippen LogP contribution in [0, 0.1) is 5.92 Å². The lowest BCUT2D eigenvalue weighted by Gasteiger charge is -2.37. The molecule has 0 bridgehead atoms. The summed E-state index contributed by atoms with van der Waals surface area (Å²) in [6.45, 7) is 10.2. The number of carbonyl (C=O) groups excluding carboxylic acids is 2. The van der Waals surface area contributed by atoms with Gasteiger partial charge in [-0.2, -0.15) is 0 Å². The largest absolute Gasteiger partial charge is 0.494 e. The lowest BCUT2D eigenvalue weighted by molar-refractivity contribution is -0.138. The summed E-state index contributed by atoms with van der Waals surface area (Å²) in [5.74, 6) is 0.605. The maximum absolute atomic E-state index is 13.5. The third kappa shape index (κ3) is 4.90. The Balaban J connectivity index is 1.61. The maximum atomic E-state index is 13.5. The van der Waals surface area contributed by atoms with Crippen molar-refractivity contribution >= 4 is 23.1 Å². The molecular formula is C27H33N3O3. The number of carbonyl (C=O) groups is 2. The Morgan fingerprint density at radius 3 is 2.09 bits per heavy atom. The van der Waals surface area contributed by atoms with Gasteiger partial charge in [0, 0.05) is 38.4 Å². The number of piperazine rings is 1. The van der Waals surface area contributed by atoms with Gasteiger partial charge in [-0.05, 0) is 42.2 Å². The van der Waals surface area contributed by atoms with Gasteiger partial charge in [0.2, 0.25) is 0 Å². The summed E-state index contributed by atoms with van der Waals surface area (Å²) in [5.41, 5.74) is 3.00. The van der Waals surface area contributed by atoms with Crippen molar-refractivity contribution in [2.45, 2.75) is 27.2 Å². The van der Waals surface area contributed by atoms with E-state index < -0.39 is 0 Å². The highest BCUT2D eigenvalue weighted by molar-refractivity contribution is 6.35. The predicted molar refractivity (Wildman–Crippen MR) is 131 cm³/mol. The van der Waals surface area contributed by atoms with Gasteiger partial charge in [0.15, 0.2) is 0 Å². The van der Waals surface area contributed by atoms with Crippen molar-refractivity contribution in [3.63, 3.8) is 0 Å². The average Bonchev–Trinajstić information content (AvgIpc) is 3.08. The summed E-state index contributed by atoms with van der Waals surface area (Å²) in [6.07, 6.45) is 0.934. The molecule has 0 atom stereocenters. The van der Waals surface area contributed by atoms with Gasteiger partial charge in [-0.15, -0.1) is 0 Å². The Morgan fingerprint density at radius 2 is 1.48 bits per heavy atom. The highest BCUT2D eigenvalue weighted by Crippen LogP contribution is 2.34. The molecule has 2 aliphatic heterocycles. The van der Waals surface area contributed by atoms with Crippen LogP contribution >= 0.6 is 0 Å². The molecule has 1 saturated heterocycles. The molecule has 2 amide bonds. The van der Waals surface area contributed by atoms with E-state index in [1.807, 2.05) is 56.3 Å². The molecule has 6 heteroatoms. The van der Waals surface area contributed by atoms with Gasteiger partial charge in [-0.1, -0.05) is 51.1 Å². The molecule has 0 spiro atoms. The number of benzene rings is 2. The molecule has 0 saturated carbocycles. The quantitative estimate of drug-likeness (QED) is 0.572. The molecule has 33 heavy (non-hydrogen) atoms. The van der Waals surface area contributed by atoms with Crippen molar-refractivity contribution in [1.29, 1.82) is 0 Å². The first-order valence-corrected chi connectivity index (χ1v) is 11.9. The Bertz CT molecular complexity index is 1010. The molecule has 0 aromatic heterocycles. The number of rotatable bonds is 8. The van der Waals surface area contributed by atoms with Crippen LogP contribution in [0.1, 0.15) is 32.8 Å². The zero-order chi connectivity index (χ0) is 23.4. The summed E-state index contributed by atoms with van der Waals surface area (Å²) in [6, 6.07) is 17.9. The SMILES string of the molecule is CCCOc1ccc(C2=C(N3CCN(c4ccccc4)CC3)C(=O)N(CC(C)C)C2=O)cc1. The molecule has 2 aromatic rings. The Morgan fingerprint density at radius 1 is 0.848 bits per heavy atom. The second kappa shape index (κ2) is 10.1. The lowest BCUT2D eigenvalue weighted by Crippen LogP contribution is -2.47. The highest BCUT2D eigenvalue weighted by atomic mass is 16.5. The molecule has 2 aromatic carbocycles. The summed E-state index contributed by atoms with van der Waals surface area (Å²) in [5, 5.41) is 0. The van der Waals surface area contributed by atoms with Crippen LogP contribution in [0.5, 0.6) is 5.75 Å². The molecule has 0 N–H and O–H groups in total. The minimum atomic E-state index is -0.198. The van der Waals surface area contributed by atoms with E-state index in [9.17, 15) is 9.59 Å². The van der Waals surface area contributed by atoms with Crippen molar-refractivity contribution in [3.8, 4) is 5.75 Å². The average molecular weight is 448 g/mol. The fourth-order valence-corrected chi connectivity index (χ4v) is 4.41. The van der Waals surface area contributed by atoms with Gasteiger partial charge in [0.05, 0.1) is 12.2 Å². The first-order chi connectivity index (χ1) is 16.0. The number of amides is 2. The molecule has 2 heterocycles. The van der Waals surface area contributed by atoms with Crippen LogP contribution in [0.3, 0.4) is 0 Å². The monoisotopic (exact) mass is 447 g/mol. The van der Waals surface area contributed by atoms with E-state index in [-0.39, 0.29) is 17.7 Å². The van der Waals surface area contributed by atoms with E-state index in [1.165, 1.54) is 10.6 Å². The Labute approximate surface area is 196 Å². The molecule has 1 fully saturated rings. The number of hydrogen-bond acceptors (Lipinski definition) is 5. The Hall–Kier alpha value is -3.28. The first-order valence-electron chi connectivity index (χ1n) is 11.9. The summed E-state index contributed by atoms with van der Waals surface area (Å²) < 4.78 is 5.70. The van der Waals surface area contributed by atoms with E-state index >= 15 is 0 Å². The van der Waals surface area contributed by atoms with Crippen LogP contribution in [-0.2, 0) is 9.59 Å². The normalized spacial score (nSPS) is 16.9. The van der Waals surface area contributed by atoms with Gasteiger partial charge < -0.3 is 14.5 Å². The van der Waals surface area contributed by atoms with Crippen LogP contribution < -0.4 is 9.64 Å². The van der Waals surface area contributed by atoms with Gasteiger partial charge in [0.25, 0.3) is 11.8 Å². The van der Waals surface area contributed by atoms with Crippen LogP contribution in [-0.4, -0.2) is 60.9 Å². The summed E-state index contributed by atoms with van der Waals surface area (Å²) >= 11 is 0. The molecule has 0 unspecified atom stereocenters. The smallest absolute Gasteiger partial charge is 0.277 e. The number of ether oxygens (including phenoxy) is 1. The van der Waals surface area contributed by atoms with Crippen LogP contribution in [0.25, 0.3) is 5.57 Å². The predicted octanol–water partition coefficient (Wildman–Crippen LogP) is 4.03. The first kappa shape index (κ1) is 22.9.